The molecule has 3 aromatic rings. The molecule has 1 unspecified atom stereocenters. The quantitative estimate of drug-likeness (QED) is 0.516. The first-order chi connectivity index (χ1) is 16.0. The second-order valence-electron chi connectivity index (χ2n) is 7.75. The van der Waals surface area contributed by atoms with Crippen LogP contribution in [-0.4, -0.2) is 59.7 Å². The number of benzene rings is 2. The van der Waals surface area contributed by atoms with Crippen molar-refractivity contribution in [1.29, 1.82) is 0 Å². The highest BCUT2D eigenvalue weighted by molar-refractivity contribution is 6.30. The van der Waals surface area contributed by atoms with Crippen LogP contribution in [0.2, 0.25) is 5.02 Å². The van der Waals surface area contributed by atoms with Gasteiger partial charge in [-0.15, -0.1) is 0 Å². The number of rotatable bonds is 7. The zero-order chi connectivity index (χ0) is 23.2. The fraction of sp³-hybridized carbons (Fsp3) is 0.320. The highest BCUT2D eigenvalue weighted by atomic mass is 35.5. The average Bonchev–Trinajstić information content (AvgIpc) is 2.84. The number of ether oxygens (including phenoxy) is 2. The predicted octanol–water partition coefficient (Wildman–Crippen LogP) is 4.31. The van der Waals surface area contributed by atoms with Gasteiger partial charge in [-0.2, -0.15) is 0 Å². The standard InChI is InChI=1S/C25H27ClN4O3/c1-3-32-21-9-7-19(8-10-21)23-16-24(28-17-27-23)29-11-13-30(14-12-29)25(31)18(2)33-22-6-4-5-20(26)15-22/h4-10,15-18H,3,11-14H2,1-2H3. The van der Waals surface area contributed by atoms with Gasteiger partial charge in [0.05, 0.1) is 12.3 Å². The van der Waals surface area contributed by atoms with Gasteiger partial charge in [0.1, 0.15) is 23.6 Å². The number of aromatic nitrogens is 2. The fourth-order valence-electron chi connectivity index (χ4n) is 3.77. The van der Waals surface area contributed by atoms with Crippen LogP contribution in [0.25, 0.3) is 11.3 Å². The molecule has 1 atom stereocenters. The Morgan fingerprint density at radius 3 is 2.48 bits per heavy atom. The lowest BCUT2D eigenvalue weighted by molar-refractivity contribution is -0.138. The topological polar surface area (TPSA) is 67.8 Å². The van der Waals surface area contributed by atoms with Crippen molar-refractivity contribution >= 4 is 23.3 Å². The van der Waals surface area contributed by atoms with E-state index in [9.17, 15) is 4.79 Å². The summed E-state index contributed by atoms with van der Waals surface area (Å²) in [4.78, 5) is 25.7. The van der Waals surface area contributed by atoms with Crippen LogP contribution in [0.1, 0.15) is 13.8 Å². The molecule has 1 saturated heterocycles. The molecule has 33 heavy (non-hydrogen) atoms. The largest absolute Gasteiger partial charge is 0.494 e. The highest BCUT2D eigenvalue weighted by Gasteiger charge is 2.26. The van der Waals surface area contributed by atoms with Crippen molar-refractivity contribution in [2.75, 3.05) is 37.7 Å². The van der Waals surface area contributed by atoms with E-state index in [0.29, 0.717) is 43.6 Å². The molecule has 2 heterocycles. The molecule has 0 radical (unpaired) electrons. The van der Waals surface area contributed by atoms with Gasteiger partial charge in [-0.05, 0) is 56.3 Å². The Kier molecular flexibility index (Phi) is 7.29. The summed E-state index contributed by atoms with van der Waals surface area (Å²) < 4.78 is 11.3. The zero-order valence-electron chi connectivity index (χ0n) is 18.8. The van der Waals surface area contributed by atoms with E-state index in [2.05, 4.69) is 14.9 Å². The summed E-state index contributed by atoms with van der Waals surface area (Å²) in [5, 5.41) is 0.579. The molecular formula is C25H27ClN4O3. The molecule has 172 valence electrons. The summed E-state index contributed by atoms with van der Waals surface area (Å²) in [7, 11) is 0. The number of nitrogens with zero attached hydrogens (tertiary/aromatic N) is 4. The van der Waals surface area contributed by atoms with Gasteiger partial charge in [0, 0.05) is 42.8 Å². The molecule has 0 aliphatic carbocycles. The van der Waals surface area contributed by atoms with Gasteiger partial charge in [0.15, 0.2) is 6.10 Å². The molecule has 0 bridgehead atoms. The molecule has 7 nitrogen and oxygen atoms in total. The molecule has 1 fully saturated rings. The summed E-state index contributed by atoms with van der Waals surface area (Å²) >= 11 is 6.00. The zero-order valence-corrected chi connectivity index (χ0v) is 19.5. The van der Waals surface area contributed by atoms with Crippen molar-refractivity contribution in [3.63, 3.8) is 0 Å². The third kappa shape index (κ3) is 5.73. The molecule has 1 aliphatic heterocycles. The smallest absolute Gasteiger partial charge is 0.263 e. The minimum Gasteiger partial charge on any atom is -0.494 e. The number of amides is 1. The summed E-state index contributed by atoms with van der Waals surface area (Å²) in [6, 6.07) is 16.9. The van der Waals surface area contributed by atoms with Gasteiger partial charge < -0.3 is 19.3 Å². The average molecular weight is 467 g/mol. The van der Waals surface area contributed by atoms with E-state index in [1.54, 1.807) is 37.5 Å². The maximum Gasteiger partial charge on any atom is 0.263 e. The number of hydrogen-bond acceptors (Lipinski definition) is 6. The summed E-state index contributed by atoms with van der Waals surface area (Å²) in [5.41, 5.74) is 1.85. The van der Waals surface area contributed by atoms with Gasteiger partial charge in [-0.1, -0.05) is 17.7 Å². The van der Waals surface area contributed by atoms with Gasteiger partial charge in [0.25, 0.3) is 5.91 Å². The maximum atomic E-state index is 12.9. The first-order valence-electron chi connectivity index (χ1n) is 11.0. The van der Waals surface area contributed by atoms with Crippen molar-refractivity contribution in [3.05, 3.63) is 65.9 Å². The number of carbonyl (C=O) groups is 1. The third-order valence-corrected chi connectivity index (χ3v) is 5.72. The molecule has 2 aromatic carbocycles. The lowest BCUT2D eigenvalue weighted by Crippen LogP contribution is -2.52. The Morgan fingerprint density at radius 1 is 1.03 bits per heavy atom. The summed E-state index contributed by atoms with van der Waals surface area (Å²) in [5.74, 6) is 2.24. The Bertz CT molecular complexity index is 1090. The van der Waals surface area contributed by atoms with Gasteiger partial charge in [0.2, 0.25) is 0 Å². The fourth-order valence-corrected chi connectivity index (χ4v) is 3.95. The van der Waals surface area contributed by atoms with Crippen LogP contribution in [-0.2, 0) is 4.79 Å². The molecule has 0 saturated carbocycles. The Morgan fingerprint density at radius 2 is 1.79 bits per heavy atom. The van der Waals surface area contributed by atoms with Crippen molar-refractivity contribution in [2.24, 2.45) is 0 Å². The van der Waals surface area contributed by atoms with E-state index in [1.807, 2.05) is 42.2 Å². The van der Waals surface area contributed by atoms with Crippen LogP contribution in [0.3, 0.4) is 0 Å². The number of hydrogen-bond donors (Lipinski definition) is 0. The van der Waals surface area contributed by atoms with Crippen LogP contribution < -0.4 is 14.4 Å². The summed E-state index contributed by atoms with van der Waals surface area (Å²) in [6.07, 6.45) is 1.000. The molecular weight excluding hydrogens is 440 g/mol. The van der Waals surface area contributed by atoms with Crippen LogP contribution >= 0.6 is 11.6 Å². The molecule has 1 aromatic heterocycles. The number of carbonyl (C=O) groups excluding carboxylic acids is 1. The van der Waals surface area contributed by atoms with E-state index in [-0.39, 0.29) is 5.91 Å². The molecule has 1 aliphatic rings. The van der Waals surface area contributed by atoms with Crippen LogP contribution in [0, 0.1) is 0 Å². The van der Waals surface area contributed by atoms with Gasteiger partial charge in [-0.25, -0.2) is 9.97 Å². The van der Waals surface area contributed by atoms with E-state index in [0.717, 1.165) is 22.8 Å². The molecule has 8 heteroatoms. The van der Waals surface area contributed by atoms with Crippen molar-refractivity contribution < 1.29 is 14.3 Å². The molecule has 1 amide bonds. The number of halogens is 1. The van der Waals surface area contributed by atoms with Gasteiger partial charge in [-0.3, -0.25) is 4.79 Å². The molecule has 0 spiro atoms. The normalized spacial score (nSPS) is 14.6. The predicted molar refractivity (Wildman–Crippen MR) is 129 cm³/mol. The second-order valence-corrected chi connectivity index (χ2v) is 8.19. The Hall–Kier alpha value is -3.32. The van der Waals surface area contributed by atoms with Crippen molar-refractivity contribution in [3.8, 4) is 22.8 Å². The first-order valence-corrected chi connectivity index (χ1v) is 11.4. The van der Waals surface area contributed by atoms with Gasteiger partial charge >= 0.3 is 0 Å². The lowest BCUT2D eigenvalue weighted by atomic mass is 10.1. The SMILES string of the molecule is CCOc1ccc(-c2cc(N3CCN(C(=O)C(C)Oc4cccc(Cl)c4)CC3)ncn2)cc1. The maximum absolute atomic E-state index is 12.9. The molecule has 0 N–H and O–H groups in total. The third-order valence-electron chi connectivity index (χ3n) is 5.49. The molecule has 4 rings (SSSR count). The highest BCUT2D eigenvalue weighted by Crippen LogP contribution is 2.24. The van der Waals surface area contributed by atoms with Crippen LogP contribution in [0.5, 0.6) is 11.5 Å². The second kappa shape index (κ2) is 10.5. The Labute approximate surface area is 198 Å². The van der Waals surface area contributed by atoms with E-state index < -0.39 is 6.10 Å². The lowest BCUT2D eigenvalue weighted by Gasteiger charge is -2.36. The van der Waals surface area contributed by atoms with E-state index in [4.69, 9.17) is 21.1 Å². The van der Waals surface area contributed by atoms with Crippen LogP contribution in [0.4, 0.5) is 5.82 Å². The summed E-state index contributed by atoms with van der Waals surface area (Å²) in [6.45, 7) is 6.95. The van der Waals surface area contributed by atoms with Crippen molar-refractivity contribution in [2.45, 2.75) is 20.0 Å². The monoisotopic (exact) mass is 466 g/mol. The Balaban J connectivity index is 1.35. The minimum atomic E-state index is -0.583. The first kappa shape index (κ1) is 22.9. The van der Waals surface area contributed by atoms with Crippen LogP contribution in [0.15, 0.2) is 60.9 Å². The number of anilines is 1. The van der Waals surface area contributed by atoms with E-state index in [1.165, 1.54) is 0 Å². The number of piperazine rings is 1. The van der Waals surface area contributed by atoms with E-state index >= 15 is 0 Å². The minimum absolute atomic E-state index is 0.0348. The van der Waals surface area contributed by atoms with Crippen molar-refractivity contribution in [1.82, 2.24) is 14.9 Å².